The lowest BCUT2D eigenvalue weighted by Crippen LogP contribution is -2.54. The summed E-state index contributed by atoms with van der Waals surface area (Å²) in [6, 6.07) is 20.1. The first-order valence-corrected chi connectivity index (χ1v) is 18.4. The highest BCUT2D eigenvalue weighted by Gasteiger charge is 2.37. The summed E-state index contributed by atoms with van der Waals surface area (Å²) in [5, 5.41) is 0. The van der Waals surface area contributed by atoms with Crippen molar-refractivity contribution in [1.82, 2.24) is 18.4 Å². The Balaban J connectivity index is 1.15. The molecular weight excluding hydrogens is 556 g/mol. The molecule has 0 bridgehead atoms. The van der Waals surface area contributed by atoms with Gasteiger partial charge in [0.1, 0.15) is 0 Å². The second-order valence-electron chi connectivity index (χ2n) is 12.0. The Hall–Kier alpha value is -1.82. The van der Waals surface area contributed by atoms with E-state index in [-0.39, 0.29) is 23.5 Å². The van der Waals surface area contributed by atoms with Crippen molar-refractivity contribution in [3.05, 3.63) is 71.8 Å². The van der Waals surface area contributed by atoms with Gasteiger partial charge in [-0.1, -0.05) is 60.7 Å². The largest absolute Gasteiger partial charge is 0.306 e. The molecule has 5 rings (SSSR count). The number of piperidine rings is 1. The van der Waals surface area contributed by atoms with Crippen LogP contribution in [0.4, 0.5) is 0 Å². The van der Waals surface area contributed by atoms with Crippen LogP contribution >= 0.6 is 0 Å². The van der Waals surface area contributed by atoms with Crippen LogP contribution in [0.15, 0.2) is 60.7 Å². The monoisotopic (exact) mass is 602 g/mol. The summed E-state index contributed by atoms with van der Waals surface area (Å²) in [7, 11) is -4.74. The van der Waals surface area contributed by atoms with Crippen LogP contribution in [0.25, 0.3) is 0 Å². The van der Waals surface area contributed by atoms with E-state index in [1.54, 1.807) is 8.61 Å². The lowest BCUT2D eigenvalue weighted by molar-refractivity contribution is 0.0892. The van der Waals surface area contributed by atoms with Crippen LogP contribution in [0.3, 0.4) is 0 Å². The van der Waals surface area contributed by atoms with E-state index in [1.807, 2.05) is 60.7 Å². The van der Waals surface area contributed by atoms with Gasteiger partial charge in [0.25, 0.3) is 0 Å². The molecule has 10 heteroatoms. The molecule has 1 unspecified atom stereocenters. The molecule has 0 amide bonds. The molecule has 1 atom stereocenters. The number of piperazine rings is 1. The lowest BCUT2D eigenvalue weighted by atomic mass is 9.93. The molecule has 0 spiro atoms. The molecule has 2 aromatic carbocycles. The lowest BCUT2D eigenvalue weighted by Gasteiger charge is -2.41. The average Bonchev–Trinajstić information content (AvgIpc) is 3.47. The van der Waals surface area contributed by atoms with Gasteiger partial charge in [-0.2, -0.15) is 8.61 Å². The Kier molecular flexibility index (Phi) is 10.2. The van der Waals surface area contributed by atoms with E-state index in [0.717, 1.165) is 63.0 Å². The van der Waals surface area contributed by atoms with Gasteiger partial charge in [0.15, 0.2) is 0 Å². The Labute approximate surface area is 247 Å². The molecule has 3 aliphatic rings. The maximum Gasteiger partial charge on any atom is 0.215 e. The molecule has 0 saturated carbocycles. The maximum absolute atomic E-state index is 13.8. The summed E-state index contributed by atoms with van der Waals surface area (Å²) in [6.45, 7) is 5.43. The van der Waals surface area contributed by atoms with Crippen LogP contribution in [-0.4, -0.2) is 112 Å². The zero-order valence-electron chi connectivity index (χ0n) is 24.4. The summed E-state index contributed by atoms with van der Waals surface area (Å²) in [5.74, 6) is -0.156. The van der Waals surface area contributed by atoms with Crippen molar-refractivity contribution < 1.29 is 16.8 Å². The van der Waals surface area contributed by atoms with E-state index >= 15 is 0 Å². The highest BCUT2D eigenvalue weighted by molar-refractivity contribution is 7.89. The van der Waals surface area contributed by atoms with Gasteiger partial charge in [-0.3, -0.25) is 4.90 Å². The molecule has 226 valence electrons. The molecule has 3 aliphatic heterocycles. The number of sulfonamides is 2. The molecule has 3 heterocycles. The van der Waals surface area contributed by atoms with E-state index in [2.05, 4.69) is 16.8 Å². The van der Waals surface area contributed by atoms with Gasteiger partial charge in [-0.25, -0.2) is 16.8 Å². The van der Waals surface area contributed by atoms with Crippen molar-refractivity contribution in [1.29, 1.82) is 0 Å². The molecular formula is C31H46N4O4S2. The standard InChI is InChI=1S/C31H46N4O4S2/c1-32-19-16-29(17-20-32)33-21-23-34(24-22-33)40(36,37)25-9-15-30-14-8-18-35(30)41(38,39)26-31(27-10-4-2-5-11-27)28-12-6-3-7-13-28/h2-7,10-13,29-31H,8-9,14-26H2,1H3. The van der Waals surface area contributed by atoms with Gasteiger partial charge in [0.05, 0.1) is 11.5 Å². The second kappa shape index (κ2) is 13.7. The zero-order chi connectivity index (χ0) is 28.9. The van der Waals surface area contributed by atoms with Gasteiger partial charge in [0, 0.05) is 50.7 Å². The Morgan fingerprint density at radius 3 is 1.90 bits per heavy atom. The second-order valence-corrected chi connectivity index (χ2v) is 16.0. The van der Waals surface area contributed by atoms with Gasteiger partial charge in [0.2, 0.25) is 20.0 Å². The molecule has 41 heavy (non-hydrogen) atoms. The van der Waals surface area contributed by atoms with E-state index in [0.29, 0.717) is 38.5 Å². The summed E-state index contributed by atoms with van der Waals surface area (Å²) >= 11 is 0. The minimum atomic E-state index is -3.55. The maximum atomic E-state index is 13.8. The fourth-order valence-electron chi connectivity index (χ4n) is 6.86. The Morgan fingerprint density at radius 1 is 0.732 bits per heavy atom. The molecule has 8 nitrogen and oxygen atoms in total. The molecule has 0 aromatic heterocycles. The topological polar surface area (TPSA) is 81.2 Å². The minimum absolute atomic E-state index is 0.0113. The van der Waals surface area contributed by atoms with Gasteiger partial charge < -0.3 is 4.90 Å². The number of hydrogen-bond acceptors (Lipinski definition) is 6. The van der Waals surface area contributed by atoms with Crippen LogP contribution in [0.1, 0.15) is 55.6 Å². The third-order valence-electron chi connectivity index (χ3n) is 9.27. The van der Waals surface area contributed by atoms with Crippen molar-refractivity contribution in [2.75, 3.05) is 64.4 Å². The quantitative estimate of drug-likeness (QED) is 0.392. The minimum Gasteiger partial charge on any atom is -0.306 e. The van der Waals surface area contributed by atoms with E-state index in [1.165, 1.54) is 0 Å². The molecule has 3 saturated heterocycles. The van der Waals surface area contributed by atoms with Crippen molar-refractivity contribution >= 4 is 20.0 Å². The average molecular weight is 603 g/mol. The molecule has 2 aromatic rings. The molecule has 3 fully saturated rings. The highest BCUT2D eigenvalue weighted by Crippen LogP contribution is 2.31. The van der Waals surface area contributed by atoms with E-state index in [4.69, 9.17) is 0 Å². The van der Waals surface area contributed by atoms with Crippen molar-refractivity contribution in [3.8, 4) is 0 Å². The first-order valence-electron chi connectivity index (χ1n) is 15.2. The van der Waals surface area contributed by atoms with Crippen molar-refractivity contribution in [2.24, 2.45) is 0 Å². The Bertz CT molecular complexity index is 1270. The van der Waals surface area contributed by atoms with Crippen LogP contribution in [0.2, 0.25) is 0 Å². The predicted octanol–water partition coefficient (Wildman–Crippen LogP) is 3.43. The summed E-state index contributed by atoms with van der Waals surface area (Å²) < 4.78 is 57.3. The van der Waals surface area contributed by atoms with Gasteiger partial charge >= 0.3 is 0 Å². The third-order valence-corrected chi connectivity index (χ3v) is 13.2. The van der Waals surface area contributed by atoms with Gasteiger partial charge in [-0.15, -0.1) is 0 Å². The summed E-state index contributed by atoms with van der Waals surface area (Å²) in [6.07, 6.45) is 4.97. The van der Waals surface area contributed by atoms with Crippen LogP contribution in [0, 0.1) is 0 Å². The molecule has 0 radical (unpaired) electrons. The van der Waals surface area contributed by atoms with E-state index in [9.17, 15) is 16.8 Å². The van der Waals surface area contributed by atoms with Crippen LogP contribution < -0.4 is 0 Å². The Morgan fingerprint density at radius 2 is 1.32 bits per heavy atom. The molecule has 0 aliphatic carbocycles. The third kappa shape index (κ3) is 7.77. The highest BCUT2D eigenvalue weighted by atomic mass is 32.2. The fraction of sp³-hybridized carbons (Fsp3) is 0.613. The van der Waals surface area contributed by atoms with Gasteiger partial charge in [-0.05, 0) is 69.8 Å². The number of nitrogens with zero attached hydrogens (tertiary/aromatic N) is 4. The summed E-state index contributed by atoms with van der Waals surface area (Å²) in [5.41, 5.74) is 1.97. The number of likely N-dealkylation sites (tertiary alicyclic amines) is 1. The SMILES string of the molecule is CN1CCC(N2CCN(S(=O)(=O)CCCC3CCCN3S(=O)(=O)CC(c3ccccc3)c3ccccc3)CC2)CC1. The van der Waals surface area contributed by atoms with Crippen LogP contribution in [-0.2, 0) is 20.0 Å². The number of rotatable bonds is 11. The smallest absolute Gasteiger partial charge is 0.215 e. The predicted molar refractivity (Wildman–Crippen MR) is 165 cm³/mol. The first kappa shape index (κ1) is 30.6. The van der Waals surface area contributed by atoms with Crippen molar-refractivity contribution in [2.45, 2.75) is 56.5 Å². The number of benzene rings is 2. The first-order chi connectivity index (χ1) is 19.7. The van der Waals surface area contributed by atoms with Crippen LogP contribution in [0.5, 0.6) is 0 Å². The number of hydrogen-bond donors (Lipinski definition) is 0. The van der Waals surface area contributed by atoms with E-state index < -0.39 is 20.0 Å². The normalized spacial score (nSPS) is 22.9. The summed E-state index contributed by atoms with van der Waals surface area (Å²) in [4.78, 5) is 4.83. The fourth-order valence-corrected chi connectivity index (χ4v) is 10.4. The zero-order valence-corrected chi connectivity index (χ0v) is 26.0. The molecule has 0 N–H and O–H groups in total. The van der Waals surface area contributed by atoms with Crippen molar-refractivity contribution in [3.63, 3.8) is 0 Å².